The van der Waals surface area contributed by atoms with Crippen molar-refractivity contribution < 1.29 is 18.3 Å². The average molecular weight is 293 g/mol. The fourth-order valence-electron chi connectivity index (χ4n) is 1.92. The molecule has 0 saturated carbocycles. The highest BCUT2D eigenvalue weighted by Gasteiger charge is 2.07. The zero-order chi connectivity index (χ0) is 15.2. The summed E-state index contributed by atoms with van der Waals surface area (Å²) >= 11 is 0. The van der Waals surface area contributed by atoms with Crippen LogP contribution in [0, 0.1) is 11.6 Å². The lowest BCUT2D eigenvalue weighted by Gasteiger charge is -2.12. The molecular weight excluding hydrogens is 276 g/mol. The Bertz CT molecular complexity index is 617. The molecule has 0 spiro atoms. The number of hydrogen-bond acceptors (Lipinski definition) is 3. The van der Waals surface area contributed by atoms with Crippen molar-refractivity contribution in [1.29, 1.82) is 0 Å². The Hall–Kier alpha value is -2.30. The van der Waals surface area contributed by atoms with Crippen LogP contribution < -0.4 is 14.8 Å². The van der Waals surface area contributed by atoms with Crippen LogP contribution in [-0.4, -0.2) is 13.7 Å². The molecule has 2 rings (SSSR count). The minimum atomic E-state index is -0.584. The Morgan fingerprint density at radius 3 is 2.52 bits per heavy atom. The monoisotopic (exact) mass is 293 g/mol. The van der Waals surface area contributed by atoms with Crippen molar-refractivity contribution in [2.75, 3.05) is 19.0 Å². The van der Waals surface area contributed by atoms with E-state index in [2.05, 4.69) is 5.32 Å². The first kappa shape index (κ1) is 15.1. The topological polar surface area (TPSA) is 30.5 Å². The maximum atomic E-state index is 13.5. The van der Waals surface area contributed by atoms with Crippen molar-refractivity contribution in [2.45, 2.75) is 13.5 Å². The molecule has 0 aliphatic rings. The van der Waals surface area contributed by atoms with Crippen molar-refractivity contribution in [3.63, 3.8) is 0 Å². The Balaban J connectivity index is 2.10. The van der Waals surface area contributed by atoms with Crippen molar-refractivity contribution in [3.8, 4) is 11.5 Å². The molecule has 0 amide bonds. The van der Waals surface area contributed by atoms with Crippen LogP contribution in [0.3, 0.4) is 0 Å². The van der Waals surface area contributed by atoms with Crippen molar-refractivity contribution >= 4 is 5.69 Å². The SMILES string of the molecule is CCOc1cc(NCc2ccc(F)cc2F)ccc1OC. The zero-order valence-corrected chi connectivity index (χ0v) is 12.0. The van der Waals surface area contributed by atoms with E-state index >= 15 is 0 Å². The number of benzene rings is 2. The van der Waals surface area contributed by atoms with E-state index in [0.717, 1.165) is 11.8 Å². The highest BCUT2D eigenvalue weighted by atomic mass is 19.1. The van der Waals surface area contributed by atoms with Crippen LogP contribution in [0.2, 0.25) is 0 Å². The molecule has 5 heteroatoms. The quantitative estimate of drug-likeness (QED) is 0.873. The van der Waals surface area contributed by atoms with Gasteiger partial charge in [0.25, 0.3) is 0 Å². The molecule has 0 radical (unpaired) electrons. The fourth-order valence-corrected chi connectivity index (χ4v) is 1.92. The van der Waals surface area contributed by atoms with Crippen LogP contribution in [0.15, 0.2) is 36.4 Å². The van der Waals surface area contributed by atoms with Crippen LogP contribution in [0.4, 0.5) is 14.5 Å². The third kappa shape index (κ3) is 3.84. The summed E-state index contributed by atoms with van der Waals surface area (Å²) in [6.07, 6.45) is 0. The number of rotatable bonds is 6. The number of anilines is 1. The highest BCUT2D eigenvalue weighted by Crippen LogP contribution is 2.30. The van der Waals surface area contributed by atoms with Crippen molar-refractivity contribution in [1.82, 2.24) is 0 Å². The maximum Gasteiger partial charge on any atom is 0.163 e. The van der Waals surface area contributed by atoms with E-state index < -0.39 is 11.6 Å². The Kier molecular flexibility index (Phi) is 4.98. The van der Waals surface area contributed by atoms with Crippen molar-refractivity contribution in [2.24, 2.45) is 0 Å². The molecule has 0 heterocycles. The maximum absolute atomic E-state index is 13.5. The van der Waals surface area contributed by atoms with Gasteiger partial charge in [0.2, 0.25) is 0 Å². The van der Waals surface area contributed by atoms with Gasteiger partial charge in [-0.3, -0.25) is 0 Å². The minimum absolute atomic E-state index is 0.254. The predicted octanol–water partition coefficient (Wildman–Crippen LogP) is 3.98. The number of halogens is 2. The van der Waals surface area contributed by atoms with Gasteiger partial charge in [0.15, 0.2) is 11.5 Å². The second-order valence-electron chi connectivity index (χ2n) is 4.39. The summed E-state index contributed by atoms with van der Waals surface area (Å²) < 4.78 is 37.1. The summed E-state index contributed by atoms with van der Waals surface area (Å²) in [6.45, 7) is 2.66. The Morgan fingerprint density at radius 1 is 1.05 bits per heavy atom. The molecule has 112 valence electrons. The average Bonchev–Trinajstić information content (AvgIpc) is 2.47. The van der Waals surface area contributed by atoms with Gasteiger partial charge >= 0.3 is 0 Å². The molecule has 21 heavy (non-hydrogen) atoms. The van der Waals surface area contributed by atoms with Crippen LogP contribution in [0.25, 0.3) is 0 Å². The summed E-state index contributed by atoms with van der Waals surface area (Å²) in [4.78, 5) is 0. The first-order chi connectivity index (χ1) is 10.1. The van der Waals surface area contributed by atoms with E-state index in [1.807, 2.05) is 13.0 Å². The molecule has 0 saturated heterocycles. The van der Waals surface area contributed by atoms with Gasteiger partial charge < -0.3 is 14.8 Å². The number of methoxy groups -OCH3 is 1. The van der Waals surface area contributed by atoms with Crippen molar-refractivity contribution in [3.05, 3.63) is 53.6 Å². The number of nitrogens with one attached hydrogen (secondary N) is 1. The van der Waals surface area contributed by atoms with E-state index in [1.54, 1.807) is 19.2 Å². The Morgan fingerprint density at radius 2 is 1.86 bits per heavy atom. The highest BCUT2D eigenvalue weighted by molar-refractivity contribution is 5.55. The molecule has 0 aliphatic heterocycles. The lowest BCUT2D eigenvalue weighted by molar-refractivity contribution is 0.311. The lowest BCUT2D eigenvalue weighted by Crippen LogP contribution is -2.03. The third-order valence-electron chi connectivity index (χ3n) is 2.96. The van der Waals surface area contributed by atoms with Gasteiger partial charge in [-0.2, -0.15) is 0 Å². The van der Waals surface area contributed by atoms with E-state index in [1.165, 1.54) is 12.1 Å². The standard InChI is InChI=1S/C16H17F2NO2/c1-3-21-16-9-13(6-7-15(16)20-2)19-10-11-4-5-12(17)8-14(11)18/h4-9,19H,3,10H2,1-2H3. The lowest BCUT2D eigenvalue weighted by atomic mass is 10.2. The van der Waals surface area contributed by atoms with Crippen LogP contribution in [0.5, 0.6) is 11.5 Å². The number of ether oxygens (including phenoxy) is 2. The van der Waals surface area contributed by atoms with Gasteiger partial charge in [0.05, 0.1) is 13.7 Å². The number of hydrogen-bond donors (Lipinski definition) is 1. The largest absolute Gasteiger partial charge is 0.493 e. The van der Waals surface area contributed by atoms with Gasteiger partial charge in [0, 0.05) is 29.9 Å². The van der Waals surface area contributed by atoms with Gasteiger partial charge in [-0.25, -0.2) is 8.78 Å². The molecule has 2 aromatic carbocycles. The molecule has 0 fully saturated rings. The third-order valence-corrected chi connectivity index (χ3v) is 2.96. The van der Waals surface area contributed by atoms with Crippen LogP contribution >= 0.6 is 0 Å². The normalized spacial score (nSPS) is 10.3. The van der Waals surface area contributed by atoms with E-state index in [-0.39, 0.29) is 6.54 Å². The fraction of sp³-hybridized carbons (Fsp3) is 0.250. The van der Waals surface area contributed by atoms with Crippen LogP contribution in [0.1, 0.15) is 12.5 Å². The summed E-state index contributed by atoms with van der Waals surface area (Å²) in [5, 5.41) is 3.07. The second-order valence-corrected chi connectivity index (χ2v) is 4.39. The minimum Gasteiger partial charge on any atom is -0.493 e. The van der Waals surface area contributed by atoms with Gasteiger partial charge in [0.1, 0.15) is 11.6 Å². The Labute approximate surface area is 122 Å². The molecule has 0 bridgehead atoms. The summed E-state index contributed by atoms with van der Waals surface area (Å²) in [7, 11) is 1.57. The van der Waals surface area contributed by atoms with E-state index in [4.69, 9.17) is 9.47 Å². The second kappa shape index (κ2) is 6.92. The van der Waals surface area contributed by atoms with Gasteiger partial charge in [-0.15, -0.1) is 0 Å². The summed E-state index contributed by atoms with van der Waals surface area (Å²) in [5.41, 5.74) is 1.16. The van der Waals surface area contributed by atoms with Crippen LogP contribution in [-0.2, 0) is 6.54 Å². The van der Waals surface area contributed by atoms with Gasteiger partial charge in [-0.05, 0) is 25.1 Å². The van der Waals surface area contributed by atoms with E-state index in [0.29, 0.717) is 23.7 Å². The molecule has 2 aromatic rings. The molecule has 3 nitrogen and oxygen atoms in total. The summed E-state index contributed by atoms with van der Waals surface area (Å²) in [5.74, 6) is 0.0975. The van der Waals surface area contributed by atoms with E-state index in [9.17, 15) is 8.78 Å². The molecular formula is C16H17F2NO2. The first-order valence-electron chi connectivity index (χ1n) is 6.62. The smallest absolute Gasteiger partial charge is 0.163 e. The molecule has 0 unspecified atom stereocenters. The zero-order valence-electron chi connectivity index (χ0n) is 12.0. The first-order valence-corrected chi connectivity index (χ1v) is 6.62. The molecule has 1 N–H and O–H groups in total. The van der Waals surface area contributed by atoms with Gasteiger partial charge in [-0.1, -0.05) is 6.07 Å². The predicted molar refractivity (Wildman–Crippen MR) is 77.8 cm³/mol. The molecule has 0 atom stereocenters. The summed E-state index contributed by atoms with van der Waals surface area (Å²) in [6, 6.07) is 8.89. The molecule has 0 aliphatic carbocycles. The molecule has 0 aromatic heterocycles.